The summed E-state index contributed by atoms with van der Waals surface area (Å²) in [5.41, 5.74) is 0.267. The quantitative estimate of drug-likeness (QED) is 0.846. The monoisotopic (exact) mass is 290 g/mol. The summed E-state index contributed by atoms with van der Waals surface area (Å²) in [5.74, 6) is -1.33. The first-order valence-electron chi connectivity index (χ1n) is 5.72. The predicted octanol–water partition coefficient (Wildman–Crippen LogP) is 3.26. The molecule has 0 aliphatic carbocycles. The van der Waals surface area contributed by atoms with Crippen LogP contribution in [0.15, 0.2) is 24.3 Å². The molecule has 0 bridgehead atoms. The fraction of sp³-hybridized carbons (Fsp3) is 0.308. The third-order valence-electron chi connectivity index (χ3n) is 2.12. The van der Waals surface area contributed by atoms with Gasteiger partial charge in [-0.25, -0.2) is 0 Å². The van der Waals surface area contributed by atoms with Crippen molar-refractivity contribution in [3.8, 4) is 11.5 Å². The van der Waals surface area contributed by atoms with Crippen molar-refractivity contribution in [2.45, 2.75) is 19.7 Å². The normalized spacial score (nSPS) is 11.6. The maximum absolute atomic E-state index is 12.0. The van der Waals surface area contributed by atoms with Gasteiger partial charge in [-0.05, 0) is 19.1 Å². The summed E-state index contributed by atoms with van der Waals surface area (Å²) >= 11 is 0. The Bertz CT molecular complexity index is 495. The Hall–Kier alpha value is -2.18. The molecule has 1 aromatic rings. The largest absolute Gasteiger partial charge is 0.573 e. The summed E-state index contributed by atoms with van der Waals surface area (Å²) in [7, 11) is 0. The average Bonchev–Trinajstić information content (AvgIpc) is 2.30. The molecule has 1 rings (SSSR count). The molecule has 0 aromatic heterocycles. The molecule has 1 N–H and O–H groups in total. The molecule has 0 aliphatic rings. The Balaban J connectivity index is 2.69. The first-order chi connectivity index (χ1) is 9.31. The zero-order valence-corrected chi connectivity index (χ0v) is 10.6. The second-order valence-corrected chi connectivity index (χ2v) is 3.68. The van der Waals surface area contributed by atoms with Gasteiger partial charge in [-0.2, -0.15) is 0 Å². The molecule has 0 radical (unpaired) electrons. The molecule has 0 spiro atoms. The second-order valence-electron chi connectivity index (χ2n) is 3.68. The van der Waals surface area contributed by atoms with Crippen LogP contribution in [0.4, 0.5) is 13.2 Å². The molecule has 4 nitrogen and oxygen atoms in total. The number of halogens is 3. The van der Waals surface area contributed by atoms with E-state index in [0.717, 1.165) is 12.1 Å². The van der Waals surface area contributed by atoms with E-state index >= 15 is 0 Å². The van der Waals surface area contributed by atoms with E-state index in [1.165, 1.54) is 18.2 Å². The number of rotatable bonds is 5. The summed E-state index contributed by atoms with van der Waals surface area (Å²) in [5, 5.41) is 9.54. The predicted molar refractivity (Wildman–Crippen MR) is 65.1 cm³/mol. The number of aromatic hydroxyl groups is 1. The minimum Gasteiger partial charge on any atom is -0.507 e. The van der Waals surface area contributed by atoms with Gasteiger partial charge in [-0.3, -0.25) is 4.79 Å². The number of esters is 1. The molecule has 0 saturated carbocycles. The zero-order chi connectivity index (χ0) is 15.2. The number of phenols is 1. The molecular formula is C13H13F3O4. The van der Waals surface area contributed by atoms with Gasteiger partial charge in [-0.1, -0.05) is 12.2 Å². The highest BCUT2D eigenvalue weighted by Gasteiger charge is 2.31. The van der Waals surface area contributed by atoms with Gasteiger partial charge in [0.05, 0.1) is 13.0 Å². The van der Waals surface area contributed by atoms with Crippen LogP contribution in [-0.2, 0) is 9.53 Å². The summed E-state index contributed by atoms with van der Waals surface area (Å²) in [4.78, 5) is 11.0. The molecule has 0 atom stereocenters. The van der Waals surface area contributed by atoms with Gasteiger partial charge in [0.2, 0.25) is 0 Å². The van der Waals surface area contributed by atoms with Crippen LogP contribution in [0.25, 0.3) is 6.08 Å². The lowest BCUT2D eigenvalue weighted by Gasteiger charge is -2.09. The van der Waals surface area contributed by atoms with Crippen molar-refractivity contribution in [1.82, 2.24) is 0 Å². The SMILES string of the molecule is CCOC(=O)CC=Cc1ccc(OC(F)(F)F)cc1O. The first-order valence-corrected chi connectivity index (χ1v) is 5.72. The first kappa shape index (κ1) is 15.9. The highest BCUT2D eigenvalue weighted by atomic mass is 19.4. The van der Waals surface area contributed by atoms with Crippen LogP contribution >= 0.6 is 0 Å². The van der Waals surface area contributed by atoms with E-state index in [-0.39, 0.29) is 24.3 Å². The fourth-order valence-corrected chi connectivity index (χ4v) is 1.36. The van der Waals surface area contributed by atoms with Crippen LogP contribution < -0.4 is 4.74 Å². The van der Waals surface area contributed by atoms with Crippen molar-refractivity contribution in [1.29, 1.82) is 0 Å². The van der Waals surface area contributed by atoms with E-state index < -0.39 is 18.1 Å². The maximum atomic E-state index is 12.0. The Morgan fingerprint density at radius 1 is 1.40 bits per heavy atom. The van der Waals surface area contributed by atoms with Crippen LogP contribution in [0, 0.1) is 0 Å². The Morgan fingerprint density at radius 3 is 2.65 bits per heavy atom. The van der Waals surface area contributed by atoms with Gasteiger partial charge < -0.3 is 14.6 Å². The maximum Gasteiger partial charge on any atom is 0.573 e. The molecule has 0 saturated heterocycles. The van der Waals surface area contributed by atoms with Gasteiger partial charge in [0, 0.05) is 11.6 Å². The highest BCUT2D eigenvalue weighted by molar-refractivity contribution is 5.73. The molecule has 0 heterocycles. The molecule has 0 amide bonds. The van der Waals surface area contributed by atoms with Crippen molar-refractivity contribution in [3.05, 3.63) is 29.8 Å². The molecule has 110 valence electrons. The number of hydrogen-bond acceptors (Lipinski definition) is 4. The van der Waals surface area contributed by atoms with E-state index in [9.17, 15) is 23.1 Å². The van der Waals surface area contributed by atoms with Gasteiger partial charge in [0.15, 0.2) is 0 Å². The van der Waals surface area contributed by atoms with Gasteiger partial charge in [-0.15, -0.1) is 13.2 Å². The highest BCUT2D eigenvalue weighted by Crippen LogP contribution is 2.28. The minimum atomic E-state index is -4.81. The van der Waals surface area contributed by atoms with Crippen molar-refractivity contribution in [2.24, 2.45) is 0 Å². The van der Waals surface area contributed by atoms with Crippen LogP contribution in [0.5, 0.6) is 11.5 Å². The molecule has 0 aliphatic heterocycles. The van der Waals surface area contributed by atoms with E-state index in [0.29, 0.717) is 0 Å². The number of carbonyl (C=O) groups excluding carboxylic acids is 1. The van der Waals surface area contributed by atoms with Crippen molar-refractivity contribution >= 4 is 12.0 Å². The van der Waals surface area contributed by atoms with E-state index in [1.54, 1.807) is 6.92 Å². The number of benzene rings is 1. The lowest BCUT2D eigenvalue weighted by Crippen LogP contribution is -2.17. The van der Waals surface area contributed by atoms with E-state index in [1.807, 2.05) is 0 Å². The Kier molecular flexibility index (Phi) is 5.42. The fourth-order valence-electron chi connectivity index (χ4n) is 1.36. The van der Waals surface area contributed by atoms with E-state index in [2.05, 4.69) is 9.47 Å². The number of hydrogen-bond donors (Lipinski definition) is 1. The third-order valence-corrected chi connectivity index (χ3v) is 2.12. The molecule has 1 aromatic carbocycles. The van der Waals surface area contributed by atoms with Gasteiger partial charge >= 0.3 is 12.3 Å². The summed E-state index contributed by atoms with van der Waals surface area (Å²) in [6.45, 7) is 1.94. The van der Waals surface area contributed by atoms with Crippen LogP contribution in [0.2, 0.25) is 0 Å². The van der Waals surface area contributed by atoms with Crippen molar-refractivity contribution in [2.75, 3.05) is 6.61 Å². The van der Waals surface area contributed by atoms with Crippen LogP contribution in [-0.4, -0.2) is 24.0 Å². The third kappa shape index (κ3) is 5.64. The number of ether oxygens (including phenoxy) is 2. The average molecular weight is 290 g/mol. The number of carbonyl (C=O) groups is 1. The lowest BCUT2D eigenvalue weighted by atomic mass is 10.1. The van der Waals surface area contributed by atoms with Crippen LogP contribution in [0.1, 0.15) is 18.9 Å². The Labute approximate surface area is 113 Å². The van der Waals surface area contributed by atoms with E-state index in [4.69, 9.17) is 0 Å². The molecular weight excluding hydrogens is 277 g/mol. The molecule has 0 fully saturated rings. The Morgan fingerprint density at radius 2 is 2.10 bits per heavy atom. The number of alkyl halides is 3. The summed E-state index contributed by atoms with van der Waals surface area (Å²) < 4.78 is 44.2. The zero-order valence-electron chi connectivity index (χ0n) is 10.6. The topological polar surface area (TPSA) is 55.8 Å². The minimum absolute atomic E-state index is 0.00802. The van der Waals surface area contributed by atoms with Crippen molar-refractivity contribution in [3.63, 3.8) is 0 Å². The molecule has 7 heteroatoms. The van der Waals surface area contributed by atoms with Gasteiger partial charge in [0.25, 0.3) is 0 Å². The summed E-state index contributed by atoms with van der Waals surface area (Å²) in [6.07, 6.45) is -1.96. The number of phenolic OH excluding ortho intramolecular Hbond substituents is 1. The second kappa shape index (κ2) is 6.83. The van der Waals surface area contributed by atoms with Crippen molar-refractivity contribution < 1.29 is 32.5 Å². The molecule has 0 unspecified atom stereocenters. The standard InChI is InChI=1S/C13H13F3O4/c1-2-19-12(18)5-3-4-9-6-7-10(8-11(9)17)20-13(14,15)16/h3-4,6-8,17H,2,5H2,1H3. The molecule has 20 heavy (non-hydrogen) atoms. The van der Waals surface area contributed by atoms with Gasteiger partial charge in [0.1, 0.15) is 11.5 Å². The van der Waals surface area contributed by atoms with Crippen LogP contribution in [0.3, 0.4) is 0 Å². The lowest BCUT2D eigenvalue weighted by molar-refractivity contribution is -0.274. The smallest absolute Gasteiger partial charge is 0.507 e. The summed E-state index contributed by atoms with van der Waals surface area (Å²) in [6, 6.07) is 3.16.